The standard InChI is InChI=1S/C17H15N3O4S/c1-9-3-4-12-14(5-9)25-17(19-12)20-15(22)8-24-16(23)13-6-11(7-18-13)10(2)21/h3-7,18H,8H2,1-2H3,(H,19,20,22). The molecule has 25 heavy (non-hydrogen) atoms. The van der Waals surface area contributed by atoms with Gasteiger partial charge < -0.3 is 9.72 Å². The maximum atomic E-state index is 11.9. The third-order valence-corrected chi connectivity index (χ3v) is 4.37. The number of ketones is 1. The minimum absolute atomic E-state index is 0.119. The number of rotatable bonds is 5. The number of Topliss-reactive ketones (excluding diaryl/α,β-unsaturated/α-hetero) is 1. The van der Waals surface area contributed by atoms with Crippen molar-refractivity contribution >= 4 is 44.3 Å². The number of thiazole rings is 1. The van der Waals surface area contributed by atoms with E-state index in [9.17, 15) is 14.4 Å². The van der Waals surface area contributed by atoms with Crippen molar-refractivity contribution in [2.24, 2.45) is 0 Å². The van der Waals surface area contributed by atoms with Gasteiger partial charge in [-0.05, 0) is 37.6 Å². The lowest BCUT2D eigenvalue weighted by atomic mass is 10.2. The summed E-state index contributed by atoms with van der Waals surface area (Å²) in [5.74, 6) is -1.36. The summed E-state index contributed by atoms with van der Waals surface area (Å²) < 4.78 is 5.90. The second kappa shape index (κ2) is 6.86. The highest BCUT2D eigenvalue weighted by Gasteiger charge is 2.15. The molecular weight excluding hydrogens is 342 g/mol. The molecule has 0 spiro atoms. The van der Waals surface area contributed by atoms with E-state index < -0.39 is 18.5 Å². The summed E-state index contributed by atoms with van der Waals surface area (Å²) in [6, 6.07) is 7.20. The number of hydrogen-bond acceptors (Lipinski definition) is 6. The second-order valence-electron chi connectivity index (χ2n) is 5.47. The van der Waals surface area contributed by atoms with Crippen LogP contribution in [0.15, 0.2) is 30.5 Å². The Morgan fingerprint density at radius 2 is 2.08 bits per heavy atom. The van der Waals surface area contributed by atoms with Crippen LogP contribution in [-0.2, 0) is 9.53 Å². The summed E-state index contributed by atoms with van der Waals surface area (Å²) >= 11 is 1.35. The number of esters is 1. The molecule has 3 rings (SSSR count). The van der Waals surface area contributed by atoms with E-state index in [0.717, 1.165) is 15.8 Å². The number of carbonyl (C=O) groups is 3. The van der Waals surface area contributed by atoms with Gasteiger partial charge in [0.15, 0.2) is 17.5 Å². The fourth-order valence-electron chi connectivity index (χ4n) is 2.16. The molecule has 0 bridgehead atoms. The fourth-order valence-corrected chi connectivity index (χ4v) is 3.15. The zero-order chi connectivity index (χ0) is 18.0. The number of aromatic nitrogens is 2. The minimum atomic E-state index is -0.706. The number of anilines is 1. The van der Waals surface area contributed by atoms with Gasteiger partial charge in [-0.2, -0.15) is 0 Å². The molecular formula is C17H15N3O4S. The number of H-pyrrole nitrogens is 1. The van der Waals surface area contributed by atoms with Crippen LogP contribution in [0.25, 0.3) is 10.2 Å². The Bertz CT molecular complexity index is 973. The Labute approximate surface area is 147 Å². The Morgan fingerprint density at radius 1 is 1.28 bits per heavy atom. The summed E-state index contributed by atoms with van der Waals surface area (Å²) in [6.07, 6.45) is 1.42. The van der Waals surface area contributed by atoms with Gasteiger partial charge >= 0.3 is 5.97 Å². The zero-order valence-corrected chi connectivity index (χ0v) is 14.4. The van der Waals surface area contributed by atoms with Crippen molar-refractivity contribution in [2.45, 2.75) is 13.8 Å². The number of amides is 1. The quantitative estimate of drug-likeness (QED) is 0.540. The monoisotopic (exact) mass is 357 g/mol. The molecule has 2 aromatic heterocycles. The molecule has 7 nitrogen and oxygen atoms in total. The molecule has 0 atom stereocenters. The lowest BCUT2D eigenvalue weighted by Crippen LogP contribution is -2.20. The molecule has 0 saturated heterocycles. The fraction of sp³-hybridized carbons (Fsp3) is 0.176. The van der Waals surface area contributed by atoms with Gasteiger partial charge in [0.25, 0.3) is 5.91 Å². The molecule has 0 radical (unpaired) electrons. The van der Waals surface area contributed by atoms with Gasteiger partial charge in [0.05, 0.1) is 10.2 Å². The van der Waals surface area contributed by atoms with Gasteiger partial charge in [-0.25, -0.2) is 9.78 Å². The lowest BCUT2D eigenvalue weighted by Gasteiger charge is -2.03. The van der Waals surface area contributed by atoms with Crippen molar-refractivity contribution in [1.82, 2.24) is 9.97 Å². The van der Waals surface area contributed by atoms with Gasteiger partial charge in [0, 0.05) is 11.8 Å². The molecule has 0 aliphatic rings. The van der Waals surface area contributed by atoms with Gasteiger partial charge in [-0.15, -0.1) is 0 Å². The SMILES string of the molecule is CC(=O)c1c[nH]c(C(=O)OCC(=O)Nc2nc3ccc(C)cc3s2)c1. The Balaban J connectivity index is 1.58. The van der Waals surface area contributed by atoms with Crippen molar-refractivity contribution in [3.63, 3.8) is 0 Å². The van der Waals surface area contributed by atoms with Crippen LogP contribution in [0.1, 0.15) is 33.3 Å². The minimum Gasteiger partial charge on any atom is -0.451 e. The average molecular weight is 357 g/mol. The highest BCUT2D eigenvalue weighted by molar-refractivity contribution is 7.22. The predicted molar refractivity (Wildman–Crippen MR) is 94.1 cm³/mol. The van der Waals surface area contributed by atoms with E-state index in [1.165, 1.54) is 30.5 Å². The topological polar surface area (TPSA) is 101 Å². The Morgan fingerprint density at radius 3 is 2.80 bits per heavy atom. The number of carbonyl (C=O) groups excluding carboxylic acids is 3. The van der Waals surface area contributed by atoms with E-state index in [1.54, 1.807) is 0 Å². The number of hydrogen-bond donors (Lipinski definition) is 2. The van der Waals surface area contributed by atoms with E-state index in [4.69, 9.17) is 4.74 Å². The van der Waals surface area contributed by atoms with E-state index in [-0.39, 0.29) is 11.5 Å². The Kier molecular flexibility index (Phi) is 4.62. The van der Waals surface area contributed by atoms with Gasteiger partial charge in [-0.3, -0.25) is 14.9 Å². The van der Waals surface area contributed by atoms with Crippen molar-refractivity contribution in [2.75, 3.05) is 11.9 Å². The maximum Gasteiger partial charge on any atom is 0.355 e. The molecule has 1 amide bonds. The molecule has 8 heteroatoms. The van der Waals surface area contributed by atoms with Crippen LogP contribution in [0.2, 0.25) is 0 Å². The first-order chi connectivity index (χ1) is 11.9. The zero-order valence-electron chi connectivity index (χ0n) is 13.6. The second-order valence-corrected chi connectivity index (χ2v) is 6.50. The highest BCUT2D eigenvalue weighted by atomic mass is 32.1. The van der Waals surface area contributed by atoms with Crippen LogP contribution in [0.4, 0.5) is 5.13 Å². The van der Waals surface area contributed by atoms with E-state index >= 15 is 0 Å². The molecule has 0 unspecified atom stereocenters. The number of nitrogens with zero attached hydrogens (tertiary/aromatic N) is 1. The maximum absolute atomic E-state index is 11.9. The van der Waals surface area contributed by atoms with E-state index in [2.05, 4.69) is 15.3 Å². The number of nitrogens with one attached hydrogen (secondary N) is 2. The van der Waals surface area contributed by atoms with E-state index in [0.29, 0.717) is 10.7 Å². The average Bonchev–Trinajstić information content (AvgIpc) is 3.18. The summed E-state index contributed by atoms with van der Waals surface area (Å²) in [7, 11) is 0. The first kappa shape index (κ1) is 16.8. The predicted octanol–water partition coefficient (Wildman–Crippen LogP) is 2.93. The number of benzene rings is 1. The number of aromatic amines is 1. The molecule has 3 aromatic rings. The van der Waals surface area contributed by atoms with Crippen molar-refractivity contribution in [1.29, 1.82) is 0 Å². The largest absolute Gasteiger partial charge is 0.451 e. The molecule has 0 aliphatic heterocycles. The number of aryl methyl sites for hydroxylation is 1. The van der Waals surface area contributed by atoms with Crippen LogP contribution < -0.4 is 5.32 Å². The molecule has 1 aromatic carbocycles. The summed E-state index contributed by atoms with van der Waals surface area (Å²) in [5, 5.41) is 3.05. The van der Waals surface area contributed by atoms with Gasteiger partial charge in [-0.1, -0.05) is 17.4 Å². The molecule has 0 fully saturated rings. The molecule has 0 aliphatic carbocycles. The summed E-state index contributed by atoms with van der Waals surface area (Å²) in [4.78, 5) is 41.9. The van der Waals surface area contributed by atoms with Crippen LogP contribution in [-0.4, -0.2) is 34.2 Å². The van der Waals surface area contributed by atoms with Crippen LogP contribution in [0.5, 0.6) is 0 Å². The first-order valence-electron chi connectivity index (χ1n) is 7.46. The summed E-state index contributed by atoms with van der Waals surface area (Å²) in [6.45, 7) is 2.93. The molecule has 2 heterocycles. The smallest absolute Gasteiger partial charge is 0.355 e. The van der Waals surface area contributed by atoms with Crippen LogP contribution in [0, 0.1) is 6.92 Å². The van der Waals surface area contributed by atoms with E-state index in [1.807, 2.05) is 25.1 Å². The first-order valence-corrected chi connectivity index (χ1v) is 8.27. The molecule has 0 saturated carbocycles. The molecule has 128 valence electrons. The third-order valence-electron chi connectivity index (χ3n) is 3.43. The van der Waals surface area contributed by atoms with Crippen LogP contribution >= 0.6 is 11.3 Å². The normalized spacial score (nSPS) is 10.6. The van der Waals surface area contributed by atoms with Crippen molar-refractivity contribution in [3.8, 4) is 0 Å². The van der Waals surface area contributed by atoms with Crippen molar-refractivity contribution < 1.29 is 19.1 Å². The van der Waals surface area contributed by atoms with Crippen LogP contribution in [0.3, 0.4) is 0 Å². The van der Waals surface area contributed by atoms with Crippen molar-refractivity contribution in [3.05, 3.63) is 47.3 Å². The van der Waals surface area contributed by atoms with Gasteiger partial charge in [0.1, 0.15) is 5.69 Å². The number of fused-ring (bicyclic) bond motifs is 1. The molecule has 2 N–H and O–H groups in total. The van der Waals surface area contributed by atoms with Gasteiger partial charge in [0.2, 0.25) is 0 Å². The highest BCUT2D eigenvalue weighted by Crippen LogP contribution is 2.26. The Hall–Kier alpha value is -3.00. The third kappa shape index (κ3) is 3.92. The summed E-state index contributed by atoms with van der Waals surface area (Å²) in [5.41, 5.74) is 2.40. The number of ether oxygens (including phenoxy) is 1. The lowest BCUT2D eigenvalue weighted by molar-refractivity contribution is -0.119.